The number of carbonyl (C=O) groups excluding carboxylic acids is 1. The van der Waals surface area contributed by atoms with E-state index in [0.717, 1.165) is 0 Å². The Kier molecular flexibility index (Phi) is 4.08. The molecule has 0 aromatic rings. The summed E-state index contributed by atoms with van der Waals surface area (Å²) in [6.45, 7) is 3.27. The molecule has 1 fully saturated rings. The third kappa shape index (κ3) is 2.92. The van der Waals surface area contributed by atoms with Gasteiger partial charge in [0.15, 0.2) is 0 Å². The van der Waals surface area contributed by atoms with Crippen LogP contribution >= 0.6 is 0 Å². The monoisotopic (exact) mass is 214 g/mol. The molecule has 1 aliphatic heterocycles. The molecule has 1 heterocycles. The molecule has 0 unspecified atom stereocenters. The summed E-state index contributed by atoms with van der Waals surface area (Å²) in [5.74, 6) is -1.15. The van der Waals surface area contributed by atoms with Gasteiger partial charge in [0.05, 0.1) is 5.92 Å². The SMILES string of the molecule is C[C@@H]1CN(C(=O)CCCN)C[C@H]1C(=O)O. The zero-order valence-electron chi connectivity index (χ0n) is 8.98. The van der Waals surface area contributed by atoms with E-state index >= 15 is 0 Å². The van der Waals surface area contributed by atoms with Gasteiger partial charge in [0.1, 0.15) is 0 Å². The van der Waals surface area contributed by atoms with Crippen molar-refractivity contribution in [1.82, 2.24) is 4.90 Å². The van der Waals surface area contributed by atoms with Gasteiger partial charge in [-0.25, -0.2) is 0 Å². The Morgan fingerprint density at radius 2 is 2.13 bits per heavy atom. The zero-order valence-corrected chi connectivity index (χ0v) is 8.98. The highest BCUT2D eigenvalue weighted by molar-refractivity contribution is 5.78. The van der Waals surface area contributed by atoms with Crippen molar-refractivity contribution in [3.63, 3.8) is 0 Å². The predicted octanol–water partition coefficient (Wildman–Crippen LogP) is -0.0956. The normalized spacial score (nSPS) is 25.6. The van der Waals surface area contributed by atoms with Crippen LogP contribution in [0.25, 0.3) is 0 Å². The lowest BCUT2D eigenvalue weighted by molar-refractivity contribution is -0.142. The summed E-state index contributed by atoms with van der Waals surface area (Å²) in [5, 5.41) is 8.90. The van der Waals surface area contributed by atoms with Crippen molar-refractivity contribution in [2.24, 2.45) is 17.6 Å². The van der Waals surface area contributed by atoms with Gasteiger partial charge in [0.25, 0.3) is 0 Å². The maximum atomic E-state index is 11.6. The van der Waals surface area contributed by atoms with E-state index in [4.69, 9.17) is 10.8 Å². The maximum absolute atomic E-state index is 11.6. The lowest BCUT2D eigenvalue weighted by Crippen LogP contribution is -2.30. The highest BCUT2D eigenvalue weighted by Gasteiger charge is 2.36. The summed E-state index contributed by atoms with van der Waals surface area (Å²) >= 11 is 0. The minimum Gasteiger partial charge on any atom is -0.481 e. The van der Waals surface area contributed by atoms with Crippen LogP contribution in [0.3, 0.4) is 0 Å². The number of hydrogen-bond acceptors (Lipinski definition) is 3. The molecular formula is C10H18N2O3. The molecule has 1 amide bonds. The maximum Gasteiger partial charge on any atom is 0.308 e. The fourth-order valence-electron chi connectivity index (χ4n) is 1.90. The van der Waals surface area contributed by atoms with E-state index < -0.39 is 11.9 Å². The van der Waals surface area contributed by atoms with Crippen LogP contribution in [0.5, 0.6) is 0 Å². The van der Waals surface area contributed by atoms with E-state index in [0.29, 0.717) is 32.5 Å². The largest absolute Gasteiger partial charge is 0.481 e. The highest BCUT2D eigenvalue weighted by atomic mass is 16.4. The number of amides is 1. The van der Waals surface area contributed by atoms with Crippen LogP contribution in [-0.4, -0.2) is 41.5 Å². The molecule has 3 N–H and O–H groups in total. The van der Waals surface area contributed by atoms with E-state index in [9.17, 15) is 9.59 Å². The molecule has 0 bridgehead atoms. The molecule has 15 heavy (non-hydrogen) atoms. The Morgan fingerprint density at radius 1 is 1.47 bits per heavy atom. The Morgan fingerprint density at radius 3 is 2.60 bits per heavy atom. The Hall–Kier alpha value is -1.10. The molecule has 0 aromatic heterocycles. The van der Waals surface area contributed by atoms with Gasteiger partial charge in [0.2, 0.25) is 5.91 Å². The molecule has 1 saturated heterocycles. The third-order valence-electron chi connectivity index (χ3n) is 2.88. The van der Waals surface area contributed by atoms with Crippen LogP contribution in [-0.2, 0) is 9.59 Å². The minimum atomic E-state index is -0.809. The molecule has 0 aromatic carbocycles. The second-order valence-electron chi connectivity index (χ2n) is 4.11. The van der Waals surface area contributed by atoms with E-state index in [2.05, 4.69) is 0 Å². The highest BCUT2D eigenvalue weighted by Crippen LogP contribution is 2.23. The van der Waals surface area contributed by atoms with Crippen molar-refractivity contribution in [2.45, 2.75) is 19.8 Å². The molecule has 0 saturated carbocycles. The van der Waals surface area contributed by atoms with Gasteiger partial charge in [-0.15, -0.1) is 0 Å². The summed E-state index contributed by atoms with van der Waals surface area (Å²) in [5.41, 5.74) is 5.31. The van der Waals surface area contributed by atoms with Gasteiger partial charge in [-0.2, -0.15) is 0 Å². The molecule has 86 valence electrons. The standard InChI is InChI=1S/C10H18N2O3/c1-7-5-12(6-8(7)10(14)15)9(13)3-2-4-11/h7-8H,2-6,11H2,1H3,(H,14,15)/t7-,8-/m1/s1. The average Bonchev–Trinajstić information content (AvgIpc) is 2.56. The Bertz CT molecular complexity index is 255. The third-order valence-corrected chi connectivity index (χ3v) is 2.88. The van der Waals surface area contributed by atoms with Crippen molar-refractivity contribution >= 4 is 11.9 Å². The van der Waals surface area contributed by atoms with Crippen LogP contribution in [0.1, 0.15) is 19.8 Å². The Balaban J connectivity index is 2.47. The van der Waals surface area contributed by atoms with Crippen molar-refractivity contribution in [2.75, 3.05) is 19.6 Å². The van der Waals surface area contributed by atoms with Crippen molar-refractivity contribution in [3.8, 4) is 0 Å². The number of carboxylic acids is 1. The van der Waals surface area contributed by atoms with Crippen LogP contribution in [0.2, 0.25) is 0 Å². The fourth-order valence-corrected chi connectivity index (χ4v) is 1.90. The second kappa shape index (κ2) is 5.11. The molecule has 0 spiro atoms. The van der Waals surface area contributed by atoms with Gasteiger partial charge < -0.3 is 15.7 Å². The molecule has 5 heteroatoms. The molecular weight excluding hydrogens is 196 g/mol. The quantitative estimate of drug-likeness (QED) is 0.684. The van der Waals surface area contributed by atoms with Crippen molar-refractivity contribution < 1.29 is 14.7 Å². The molecule has 5 nitrogen and oxygen atoms in total. The lowest BCUT2D eigenvalue weighted by Gasteiger charge is -2.15. The van der Waals surface area contributed by atoms with Crippen LogP contribution in [0.4, 0.5) is 0 Å². The topological polar surface area (TPSA) is 83.6 Å². The fraction of sp³-hybridized carbons (Fsp3) is 0.800. The van der Waals surface area contributed by atoms with E-state index in [1.807, 2.05) is 6.92 Å². The van der Waals surface area contributed by atoms with E-state index in [1.54, 1.807) is 4.90 Å². The minimum absolute atomic E-state index is 0.0241. The Labute approximate surface area is 89.2 Å². The van der Waals surface area contributed by atoms with Crippen molar-refractivity contribution in [3.05, 3.63) is 0 Å². The lowest BCUT2D eigenvalue weighted by atomic mass is 9.99. The average molecular weight is 214 g/mol. The number of nitrogens with two attached hydrogens (primary N) is 1. The summed E-state index contributed by atoms with van der Waals surface area (Å²) < 4.78 is 0. The summed E-state index contributed by atoms with van der Waals surface area (Å²) in [4.78, 5) is 24.1. The molecule has 2 atom stereocenters. The van der Waals surface area contributed by atoms with Crippen LogP contribution < -0.4 is 5.73 Å². The summed E-state index contributed by atoms with van der Waals surface area (Å²) in [7, 11) is 0. The van der Waals surface area contributed by atoms with Crippen LogP contribution in [0.15, 0.2) is 0 Å². The van der Waals surface area contributed by atoms with Crippen LogP contribution in [0, 0.1) is 11.8 Å². The first kappa shape index (κ1) is 12.0. The van der Waals surface area contributed by atoms with E-state index in [-0.39, 0.29) is 11.8 Å². The van der Waals surface area contributed by atoms with E-state index in [1.165, 1.54) is 0 Å². The predicted molar refractivity (Wildman–Crippen MR) is 55.2 cm³/mol. The van der Waals surface area contributed by atoms with Gasteiger partial charge in [-0.05, 0) is 18.9 Å². The number of carbonyl (C=O) groups is 2. The number of hydrogen-bond donors (Lipinski definition) is 2. The smallest absolute Gasteiger partial charge is 0.308 e. The first-order valence-corrected chi connectivity index (χ1v) is 5.27. The number of rotatable bonds is 4. The van der Waals surface area contributed by atoms with Gasteiger partial charge >= 0.3 is 5.97 Å². The number of carboxylic acid groups (broad SMARTS) is 1. The molecule has 0 radical (unpaired) electrons. The number of aliphatic carboxylic acids is 1. The summed E-state index contributed by atoms with van der Waals surface area (Å²) in [6.07, 6.45) is 1.09. The summed E-state index contributed by atoms with van der Waals surface area (Å²) in [6, 6.07) is 0. The zero-order chi connectivity index (χ0) is 11.4. The van der Waals surface area contributed by atoms with Gasteiger partial charge in [0, 0.05) is 19.5 Å². The first-order valence-electron chi connectivity index (χ1n) is 5.27. The van der Waals surface area contributed by atoms with Gasteiger partial charge in [-0.3, -0.25) is 9.59 Å². The molecule has 0 aliphatic carbocycles. The first-order chi connectivity index (χ1) is 7.06. The number of likely N-dealkylation sites (tertiary alicyclic amines) is 1. The van der Waals surface area contributed by atoms with Crippen molar-refractivity contribution in [1.29, 1.82) is 0 Å². The van der Waals surface area contributed by atoms with Gasteiger partial charge in [-0.1, -0.05) is 6.92 Å². The molecule has 1 rings (SSSR count). The molecule has 1 aliphatic rings. The number of nitrogens with zero attached hydrogens (tertiary/aromatic N) is 1. The second-order valence-corrected chi connectivity index (χ2v) is 4.11.